The minimum absolute atomic E-state index is 0.122. The van der Waals surface area contributed by atoms with Crippen LogP contribution in [0.3, 0.4) is 0 Å². The molecule has 0 N–H and O–H groups in total. The molecule has 0 atom stereocenters. The number of aromatic nitrogens is 2. The van der Waals surface area contributed by atoms with Crippen LogP contribution in [0, 0.1) is 11.3 Å². The van der Waals surface area contributed by atoms with Crippen LogP contribution in [0.2, 0.25) is 5.15 Å². The lowest BCUT2D eigenvalue weighted by Gasteiger charge is -2.28. The Bertz CT molecular complexity index is 326. The van der Waals surface area contributed by atoms with Crippen LogP contribution < -0.4 is 4.74 Å². The Kier molecular flexibility index (Phi) is 3.91. The van der Waals surface area contributed by atoms with Crippen LogP contribution in [0.1, 0.15) is 27.7 Å². The van der Waals surface area contributed by atoms with Crippen LogP contribution in [0.25, 0.3) is 0 Å². The van der Waals surface area contributed by atoms with Crippen molar-refractivity contribution in [3.05, 3.63) is 17.5 Å². The Labute approximate surface area is 95.8 Å². The molecule has 0 saturated heterocycles. The Morgan fingerprint density at radius 1 is 1.40 bits per heavy atom. The van der Waals surface area contributed by atoms with Crippen LogP contribution >= 0.6 is 11.6 Å². The highest BCUT2D eigenvalue weighted by Gasteiger charge is 2.23. The van der Waals surface area contributed by atoms with Crippen LogP contribution in [0.5, 0.6) is 5.88 Å². The van der Waals surface area contributed by atoms with Gasteiger partial charge in [0.05, 0.1) is 6.61 Å². The predicted octanol–water partition coefficient (Wildman–Crippen LogP) is 3.19. The number of rotatable bonds is 4. The van der Waals surface area contributed by atoms with Crippen LogP contribution in [0.4, 0.5) is 0 Å². The average Bonchev–Trinajstić information content (AvgIpc) is 2.15. The van der Waals surface area contributed by atoms with E-state index in [1.165, 1.54) is 6.33 Å². The third-order valence-corrected chi connectivity index (χ3v) is 2.97. The van der Waals surface area contributed by atoms with Gasteiger partial charge in [-0.1, -0.05) is 39.3 Å². The van der Waals surface area contributed by atoms with E-state index in [1.54, 1.807) is 6.07 Å². The highest BCUT2D eigenvalue weighted by Crippen LogP contribution is 2.26. The normalized spacial score (nSPS) is 11.9. The van der Waals surface area contributed by atoms with Crippen molar-refractivity contribution in [1.82, 2.24) is 9.97 Å². The second kappa shape index (κ2) is 4.79. The summed E-state index contributed by atoms with van der Waals surface area (Å²) < 4.78 is 5.58. The smallest absolute Gasteiger partial charge is 0.217 e. The summed E-state index contributed by atoms with van der Waals surface area (Å²) in [6.07, 6.45) is 1.40. The van der Waals surface area contributed by atoms with Gasteiger partial charge in [-0.2, -0.15) is 0 Å². The molecule has 0 saturated carbocycles. The number of hydrogen-bond acceptors (Lipinski definition) is 3. The van der Waals surface area contributed by atoms with E-state index < -0.39 is 0 Å². The first-order chi connectivity index (χ1) is 6.92. The van der Waals surface area contributed by atoms with Gasteiger partial charge in [-0.05, 0) is 5.92 Å². The highest BCUT2D eigenvalue weighted by atomic mass is 35.5. The van der Waals surface area contributed by atoms with Crippen LogP contribution in [-0.4, -0.2) is 16.6 Å². The molecule has 0 aromatic carbocycles. The molecule has 0 fully saturated rings. The highest BCUT2D eigenvalue weighted by molar-refractivity contribution is 6.29. The van der Waals surface area contributed by atoms with Gasteiger partial charge in [-0.15, -0.1) is 0 Å². The lowest BCUT2D eigenvalue weighted by atomic mass is 9.82. The Morgan fingerprint density at radius 2 is 2.07 bits per heavy atom. The third kappa shape index (κ3) is 3.67. The first kappa shape index (κ1) is 12.2. The fourth-order valence-electron chi connectivity index (χ4n) is 0.823. The largest absolute Gasteiger partial charge is 0.477 e. The zero-order chi connectivity index (χ0) is 11.5. The van der Waals surface area contributed by atoms with E-state index in [0.717, 1.165) is 0 Å². The molecular weight excluding hydrogens is 212 g/mol. The maximum absolute atomic E-state index is 5.73. The third-order valence-electron chi connectivity index (χ3n) is 2.76. The molecule has 84 valence electrons. The summed E-state index contributed by atoms with van der Waals surface area (Å²) in [5, 5.41) is 0.405. The fraction of sp³-hybridized carbons (Fsp3) is 0.636. The molecule has 0 aliphatic rings. The number of ether oxygens (including phenoxy) is 1. The molecule has 1 aromatic heterocycles. The second-order valence-electron chi connectivity index (χ2n) is 4.61. The Morgan fingerprint density at radius 3 is 2.60 bits per heavy atom. The first-order valence-corrected chi connectivity index (χ1v) is 5.40. The Balaban J connectivity index is 2.57. The molecule has 0 aliphatic carbocycles. The van der Waals surface area contributed by atoms with Crippen LogP contribution in [0.15, 0.2) is 12.4 Å². The quantitative estimate of drug-likeness (QED) is 0.743. The lowest BCUT2D eigenvalue weighted by molar-refractivity contribution is 0.126. The zero-order valence-corrected chi connectivity index (χ0v) is 10.4. The molecule has 0 unspecified atom stereocenters. The zero-order valence-electron chi connectivity index (χ0n) is 9.62. The van der Waals surface area contributed by atoms with E-state index in [-0.39, 0.29) is 5.41 Å². The van der Waals surface area contributed by atoms with Gasteiger partial charge in [-0.3, -0.25) is 0 Å². The minimum Gasteiger partial charge on any atom is -0.477 e. The maximum atomic E-state index is 5.73. The molecule has 0 radical (unpaired) electrons. The van der Waals surface area contributed by atoms with Gasteiger partial charge in [-0.25, -0.2) is 9.97 Å². The molecule has 0 spiro atoms. The molecule has 1 rings (SSSR count). The van der Waals surface area contributed by atoms with Crippen molar-refractivity contribution in [3.8, 4) is 5.88 Å². The molecule has 0 bridgehead atoms. The van der Waals surface area contributed by atoms with Crippen molar-refractivity contribution in [2.24, 2.45) is 11.3 Å². The van der Waals surface area contributed by atoms with Crippen LogP contribution in [-0.2, 0) is 0 Å². The fourth-order valence-corrected chi connectivity index (χ4v) is 0.960. The number of nitrogens with zero attached hydrogens (tertiary/aromatic N) is 2. The first-order valence-electron chi connectivity index (χ1n) is 5.02. The van der Waals surface area contributed by atoms with Crippen molar-refractivity contribution >= 4 is 11.6 Å². The van der Waals surface area contributed by atoms with E-state index in [9.17, 15) is 0 Å². The van der Waals surface area contributed by atoms with E-state index in [2.05, 4.69) is 37.7 Å². The molecule has 0 amide bonds. The SMILES string of the molecule is CC(C)C(C)(C)COc1cc(Cl)ncn1. The summed E-state index contributed by atoms with van der Waals surface area (Å²) in [6.45, 7) is 9.31. The van der Waals surface area contributed by atoms with Gasteiger partial charge in [0.25, 0.3) is 0 Å². The van der Waals surface area contributed by atoms with E-state index in [0.29, 0.717) is 23.6 Å². The molecular formula is C11H17ClN2O. The Hall–Kier alpha value is -0.830. The monoisotopic (exact) mass is 228 g/mol. The van der Waals surface area contributed by atoms with Crippen molar-refractivity contribution < 1.29 is 4.74 Å². The number of hydrogen-bond donors (Lipinski definition) is 0. The maximum Gasteiger partial charge on any atom is 0.217 e. The summed E-state index contributed by atoms with van der Waals surface area (Å²) in [7, 11) is 0. The number of halogens is 1. The summed E-state index contributed by atoms with van der Waals surface area (Å²) in [4.78, 5) is 7.78. The molecule has 1 heterocycles. The predicted molar refractivity (Wildman–Crippen MR) is 61.2 cm³/mol. The van der Waals surface area contributed by atoms with E-state index in [1.807, 2.05) is 0 Å². The second-order valence-corrected chi connectivity index (χ2v) is 5.00. The van der Waals surface area contributed by atoms with Gasteiger partial charge in [0.15, 0.2) is 0 Å². The summed E-state index contributed by atoms with van der Waals surface area (Å²) in [5.74, 6) is 1.08. The standard InChI is InChI=1S/C11H17ClN2O/c1-8(2)11(3,4)6-15-10-5-9(12)13-7-14-10/h5,7-8H,6H2,1-4H3. The molecule has 1 aromatic rings. The molecule has 4 heteroatoms. The van der Waals surface area contributed by atoms with Gasteiger partial charge >= 0.3 is 0 Å². The topological polar surface area (TPSA) is 35.0 Å². The minimum atomic E-state index is 0.122. The average molecular weight is 229 g/mol. The van der Waals surface area contributed by atoms with Gasteiger partial charge in [0.2, 0.25) is 5.88 Å². The molecule has 15 heavy (non-hydrogen) atoms. The lowest BCUT2D eigenvalue weighted by Crippen LogP contribution is -2.27. The summed E-state index contributed by atoms with van der Waals surface area (Å²) in [6, 6.07) is 1.62. The summed E-state index contributed by atoms with van der Waals surface area (Å²) >= 11 is 5.73. The summed E-state index contributed by atoms with van der Waals surface area (Å²) in [5.41, 5.74) is 0.122. The molecule has 3 nitrogen and oxygen atoms in total. The van der Waals surface area contributed by atoms with Gasteiger partial charge in [0, 0.05) is 11.5 Å². The van der Waals surface area contributed by atoms with Gasteiger partial charge in [0.1, 0.15) is 11.5 Å². The van der Waals surface area contributed by atoms with E-state index >= 15 is 0 Å². The van der Waals surface area contributed by atoms with Crippen molar-refractivity contribution in [2.45, 2.75) is 27.7 Å². The molecule has 0 aliphatic heterocycles. The van der Waals surface area contributed by atoms with Crippen molar-refractivity contribution in [2.75, 3.05) is 6.61 Å². The van der Waals surface area contributed by atoms with Gasteiger partial charge < -0.3 is 4.74 Å². The van der Waals surface area contributed by atoms with Crippen molar-refractivity contribution in [3.63, 3.8) is 0 Å². The van der Waals surface area contributed by atoms with E-state index in [4.69, 9.17) is 16.3 Å². The van der Waals surface area contributed by atoms with Crippen molar-refractivity contribution in [1.29, 1.82) is 0 Å².